The SMILES string of the molecule is CCOc1ccccc1Nc1nnc(S[C@H](C)C#N)s1. The van der Waals surface area contributed by atoms with Gasteiger partial charge in [-0.3, -0.25) is 0 Å². The monoisotopic (exact) mass is 306 g/mol. The highest BCUT2D eigenvalue weighted by Gasteiger charge is 2.10. The van der Waals surface area contributed by atoms with E-state index in [9.17, 15) is 0 Å². The second kappa shape index (κ2) is 7.12. The van der Waals surface area contributed by atoms with Crippen molar-refractivity contribution in [2.45, 2.75) is 23.4 Å². The van der Waals surface area contributed by atoms with Crippen LogP contribution >= 0.6 is 23.1 Å². The summed E-state index contributed by atoms with van der Waals surface area (Å²) in [7, 11) is 0. The number of rotatable bonds is 6. The fourth-order valence-electron chi connectivity index (χ4n) is 1.45. The molecule has 0 unspecified atom stereocenters. The zero-order chi connectivity index (χ0) is 14.4. The smallest absolute Gasteiger partial charge is 0.210 e. The van der Waals surface area contributed by atoms with Crippen LogP contribution in [-0.2, 0) is 0 Å². The minimum atomic E-state index is -0.133. The zero-order valence-corrected chi connectivity index (χ0v) is 12.8. The van der Waals surface area contributed by atoms with Gasteiger partial charge in [0.15, 0.2) is 4.34 Å². The Balaban J connectivity index is 2.09. The lowest BCUT2D eigenvalue weighted by Crippen LogP contribution is -1.97. The molecule has 0 amide bonds. The number of hydrogen-bond donors (Lipinski definition) is 1. The highest BCUT2D eigenvalue weighted by molar-refractivity contribution is 8.01. The van der Waals surface area contributed by atoms with Gasteiger partial charge in [0.25, 0.3) is 0 Å². The van der Waals surface area contributed by atoms with Gasteiger partial charge in [-0.05, 0) is 26.0 Å². The molecule has 0 aliphatic heterocycles. The maximum absolute atomic E-state index is 8.79. The van der Waals surface area contributed by atoms with Crippen LogP contribution in [0.5, 0.6) is 5.75 Å². The van der Waals surface area contributed by atoms with Crippen LogP contribution in [-0.4, -0.2) is 22.1 Å². The molecule has 104 valence electrons. The standard InChI is InChI=1S/C13H14N4OS2/c1-3-18-11-7-5-4-6-10(11)15-12-16-17-13(20-12)19-9(2)8-14/h4-7,9H,3H2,1-2H3,(H,15,16)/t9-/m1/s1. The fraction of sp³-hybridized carbons (Fsp3) is 0.308. The lowest BCUT2D eigenvalue weighted by molar-refractivity contribution is 0.342. The average Bonchev–Trinajstić information content (AvgIpc) is 2.88. The Morgan fingerprint density at radius 3 is 3.00 bits per heavy atom. The van der Waals surface area contributed by atoms with E-state index in [4.69, 9.17) is 10.00 Å². The van der Waals surface area contributed by atoms with Crippen LogP contribution in [0.3, 0.4) is 0 Å². The number of nitrogens with zero attached hydrogens (tertiary/aromatic N) is 3. The van der Waals surface area contributed by atoms with Crippen LogP contribution in [0.25, 0.3) is 0 Å². The molecule has 1 N–H and O–H groups in total. The van der Waals surface area contributed by atoms with Gasteiger partial charge in [0, 0.05) is 0 Å². The largest absolute Gasteiger partial charge is 0.492 e. The van der Waals surface area contributed by atoms with Gasteiger partial charge >= 0.3 is 0 Å². The molecule has 0 radical (unpaired) electrons. The van der Waals surface area contributed by atoms with E-state index in [1.54, 1.807) is 0 Å². The van der Waals surface area contributed by atoms with E-state index in [0.717, 1.165) is 15.8 Å². The summed E-state index contributed by atoms with van der Waals surface area (Å²) in [4.78, 5) is 0. The summed E-state index contributed by atoms with van der Waals surface area (Å²) >= 11 is 2.82. The Morgan fingerprint density at radius 2 is 2.25 bits per heavy atom. The van der Waals surface area contributed by atoms with Crippen LogP contribution in [0, 0.1) is 11.3 Å². The average molecular weight is 306 g/mol. The van der Waals surface area contributed by atoms with E-state index >= 15 is 0 Å². The third-order valence-electron chi connectivity index (χ3n) is 2.29. The van der Waals surface area contributed by atoms with Crippen molar-refractivity contribution in [3.8, 4) is 11.8 Å². The minimum Gasteiger partial charge on any atom is -0.492 e. The van der Waals surface area contributed by atoms with Gasteiger partial charge in [-0.2, -0.15) is 5.26 Å². The number of nitrogens with one attached hydrogen (secondary N) is 1. The maximum atomic E-state index is 8.79. The minimum absolute atomic E-state index is 0.133. The molecule has 7 heteroatoms. The van der Waals surface area contributed by atoms with Crippen LogP contribution in [0.1, 0.15) is 13.8 Å². The Morgan fingerprint density at radius 1 is 1.45 bits per heavy atom. The lowest BCUT2D eigenvalue weighted by Gasteiger charge is -2.09. The molecule has 1 heterocycles. The van der Waals surface area contributed by atoms with Gasteiger partial charge < -0.3 is 10.1 Å². The molecule has 20 heavy (non-hydrogen) atoms. The Kier molecular flexibility index (Phi) is 5.21. The summed E-state index contributed by atoms with van der Waals surface area (Å²) < 4.78 is 6.32. The van der Waals surface area contributed by atoms with Crippen molar-refractivity contribution < 1.29 is 4.74 Å². The molecule has 1 aromatic heterocycles. The molecule has 0 fully saturated rings. The first-order chi connectivity index (χ1) is 9.72. The summed E-state index contributed by atoms with van der Waals surface area (Å²) in [6, 6.07) is 9.84. The molecular weight excluding hydrogens is 292 g/mol. The van der Waals surface area contributed by atoms with Crippen molar-refractivity contribution in [1.29, 1.82) is 5.26 Å². The molecule has 0 bridgehead atoms. The van der Waals surface area contributed by atoms with Gasteiger partial charge in [0.05, 0.1) is 23.6 Å². The van der Waals surface area contributed by atoms with Crippen molar-refractivity contribution in [3.63, 3.8) is 0 Å². The number of benzene rings is 1. The zero-order valence-electron chi connectivity index (χ0n) is 11.2. The number of hydrogen-bond acceptors (Lipinski definition) is 7. The van der Waals surface area contributed by atoms with Gasteiger partial charge in [-0.1, -0.05) is 35.2 Å². The number of thioether (sulfide) groups is 1. The molecule has 0 saturated carbocycles. The van der Waals surface area contributed by atoms with E-state index in [1.165, 1.54) is 23.1 Å². The maximum Gasteiger partial charge on any atom is 0.210 e. The van der Waals surface area contributed by atoms with Crippen LogP contribution in [0.2, 0.25) is 0 Å². The highest BCUT2D eigenvalue weighted by atomic mass is 32.2. The van der Waals surface area contributed by atoms with E-state index in [0.29, 0.717) is 11.7 Å². The van der Waals surface area contributed by atoms with Gasteiger partial charge in [-0.15, -0.1) is 10.2 Å². The molecule has 1 aromatic carbocycles. The molecule has 1 atom stereocenters. The van der Waals surface area contributed by atoms with Crippen LogP contribution < -0.4 is 10.1 Å². The molecule has 2 aromatic rings. The summed E-state index contributed by atoms with van der Waals surface area (Å²) in [6.45, 7) is 4.39. The summed E-state index contributed by atoms with van der Waals surface area (Å²) in [6.07, 6.45) is 0. The van der Waals surface area contributed by atoms with E-state index < -0.39 is 0 Å². The van der Waals surface area contributed by atoms with Gasteiger partial charge in [-0.25, -0.2) is 0 Å². The predicted octanol–water partition coefficient (Wildman–Crippen LogP) is 3.68. The Labute approximate surface area is 126 Å². The van der Waals surface area contributed by atoms with Gasteiger partial charge in [0.2, 0.25) is 5.13 Å². The highest BCUT2D eigenvalue weighted by Crippen LogP contribution is 2.32. The Bertz CT molecular complexity index is 608. The van der Waals surface area contributed by atoms with Crippen LogP contribution in [0.4, 0.5) is 10.8 Å². The summed E-state index contributed by atoms with van der Waals surface area (Å²) in [5.41, 5.74) is 0.857. The second-order valence-corrected chi connectivity index (χ2v) is 6.38. The topological polar surface area (TPSA) is 70.8 Å². The first-order valence-electron chi connectivity index (χ1n) is 6.11. The molecule has 0 saturated heterocycles. The summed E-state index contributed by atoms with van der Waals surface area (Å²) in [5.74, 6) is 0.782. The fourth-order valence-corrected chi connectivity index (χ4v) is 3.25. The van der Waals surface area contributed by atoms with E-state index in [-0.39, 0.29) is 5.25 Å². The predicted molar refractivity (Wildman–Crippen MR) is 81.7 cm³/mol. The number of ether oxygens (including phenoxy) is 1. The van der Waals surface area contributed by atoms with E-state index in [2.05, 4.69) is 21.6 Å². The number of para-hydroxylation sites is 2. The van der Waals surface area contributed by atoms with Crippen molar-refractivity contribution in [2.24, 2.45) is 0 Å². The third kappa shape index (κ3) is 3.85. The van der Waals surface area contributed by atoms with E-state index in [1.807, 2.05) is 38.1 Å². The Hall–Kier alpha value is -1.78. The lowest BCUT2D eigenvalue weighted by atomic mass is 10.3. The molecule has 0 aliphatic rings. The second-order valence-electron chi connectivity index (χ2n) is 3.82. The molecular formula is C13H14N4OS2. The number of aromatic nitrogens is 2. The van der Waals surface area contributed by atoms with Crippen molar-refractivity contribution in [3.05, 3.63) is 24.3 Å². The van der Waals surface area contributed by atoms with Crippen molar-refractivity contribution in [1.82, 2.24) is 10.2 Å². The van der Waals surface area contributed by atoms with Crippen molar-refractivity contribution in [2.75, 3.05) is 11.9 Å². The van der Waals surface area contributed by atoms with Crippen molar-refractivity contribution >= 4 is 33.9 Å². The third-order valence-corrected chi connectivity index (χ3v) is 4.21. The molecule has 2 rings (SSSR count). The first-order valence-corrected chi connectivity index (χ1v) is 7.81. The molecule has 5 nitrogen and oxygen atoms in total. The quantitative estimate of drug-likeness (QED) is 0.821. The molecule has 0 spiro atoms. The number of nitriles is 1. The summed E-state index contributed by atoms with van der Waals surface area (Å²) in [5, 5.41) is 20.7. The van der Waals surface area contributed by atoms with Gasteiger partial charge in [0.1, 0.15) is 5.75 Å². The number of anilines is 2. The first kappa shape index (κ1) is 14.6. The van der Waals surface area contributed by atoms with Crippen LogP contribution in [0.15, 0.2) is 28.6 Å². The molecule has 0 aliphatic carbocycles. The normalized spacial score (nSPS) is 11.7.